The quantitative estimate of drug-likeness (QED) is 0.836. The molecule has 1 aromatic rings. The van der Waals surface area contributed by atoms with Crippen LogP contribution < -0.4 is 10.2 Å². The van der Waals surface area contributed by atoms with Gasteiger partial charge in [-0.25, -0.2) is 4.39 Å². The van der Waals surface area contributed by atoms with Crippen molar-refractivity contribution in [1.29, 1.82) is 0 Å². The van der Waals surface area contributed by atoms with Crippen LogP contribution in [-0.4, -0.2) is 24.7 Å². The molecule has 1 aliphatic heterocycles. The first-order valence-corrected chi connectivity index (χ1v) is 7.38. The minimum absolute atomic E-state index is 0.0938. The number of rotatable bonds is 1. The van der Waals surface area contributed by atoms with E-state index in [1.165, 1.54) is 25.7 Å². The summed E-state index contributed by atoms with van der Waals surface area (Å²) >= 11 is 0. The molecule has 1 spiro atoms. The van der Waals surface area contributed by atoms with Gasteiger partial charge in [0.15, 0.2) is 0 Å². The van der Waals surface area contributed by atoms with Crippen molar-refractivity contribution in [2.45, 2.75) is 51.1 Å². The van der Waals surface area contributed by atoms with Crippen molar-refractivity contribution >= 4 is 5.69 Å². The van der Waals surface area contributed by atoms with Crippen molar-refractivity contribution < 1.29 is 4.39 Å². The molecule has 0 radical (unpaired) electrons. The third kappa shape index (κ3) is 2.25. The summed E-state index contributed by atoms with van der Waals surface area (Å²) in [5.74, 6) is -0.0938. The molecule has 1 unspecified atom stereocenters. The van der Waals surface area contributed by atoms with Crippen LogP contribution in [0.5, 0.6) is 0 Å². The normalized spacial score (nSPS) is 26.1. The smallest absolute Gasteiger partial charge is 0.128 e. The monoisotopic (exact) mass is 262 g/mol. The van der Waals surface area contributed by atoms with E-state index in [0.717, 1.165) is 24.3 Å². The molecule has 0 bridgehead atoms. The Kier molecular flexibility index (Phi) is 3.25. The van der Waals surface area contributed by atoms with E-state index in [0.29, 0.717) is 6.04 Å². The van der Waals surface area contributed by atoms with E-state index in [1.54, 1.807) is 6.07 Å². The molecule has 2 aliphatic rings. The fourth-order valence-electron chi connectivity index (χ4n) is 3.63. The summed E-state index contributed by atoms with van der Waals surface area (Å²) in [5.41, 5.74) is 2.12. The second-order valence-electron chi connectivity index (χ2n) is 6.23. The van der Waals surface area contributed by atoms with E-state index in [4.69, 9.17) is 0 Å². The SMILES string of the molecule is Cc1c(F)cccc1N1CC2(CCCC2)NCC1C. The number of hydrogen-bond donors (Lipinski definition) is 1. The minimum Gasteiger partial charge on any atom is -0.365 e. The predicted octanol–water partition coefficient (Wildman–Crippen LogP) is 3.25. The summed E-state index contributed by atoms with van der Waals surface area (Å²) in [6.45, 7) is 6.12. The maximum Gasteiger partial charge on any atom is 0.128 e. The molecule has 104 valence electrons. The van der Waals surface area contributed by atoms with Gasteiger partial charge in [-0.2, -0.15) is 0 Å². The zero-order valence-electron chi connectivity index (χ0n) is 11.9. The van der Waals surface area contributed by atoms with Gasteiger partial charge in [-0.3, -0.25) is 0 Å². The molecule has 1 saturated heterocycles. The molecule has 2 nitrogen and oxygen atoms in total. The van der Waals surface area contributed by atoms with Crippen LogP contribution in [0.2, 0.25) is 0 Å². The van der Waals surface area contributed by atoms with Crippen molar-refractivity contribution in [2.24, 2.45) is 0 Å². The van der Waals surface area contributed by atoms with Crippen LogP contribution in [0.4, 0.5) is 10.1 Å². The molecule has 2 fully saturated rings. The van der Waals surface area contributed by atoms with E-state index in [9.17, 15) is 4.39 Å². The molecule has 0 aromatic heterocycles. The number of piperazine rings is 1. The summed E-state index contributed by atoms with van der Waals surface area (Å²) in [4.78, 5) is 2.40. The van der Waals surface area contributed by atoms with E-state index >= 15 is 0 Å². The second-order valence-corrected chi connectivity index (χ2v) is 6.23. The van der Waals surface area contributed by atoms with Gasteiger partial charge in [0.1, 0.15) is 5.82 Å². The zero-order chi connectivity index (χ0) is 13.5. The van der Waals surface area contributed by atoms with Crippen LogP contribution in [-0.2, 0) is 0 Å². The Hall–Kier alpha value is -1.09. The van der Waals surface area contributed by atoms with Crippen LogP contribution in [0, 0.1) is 12.7 Å². The third-order valence-corrected chi connectivity index (χ3v) is 4.89. The Bertz CT molecular complexity index is 466. The van der Waals surface area contributed by atoms with Gasteiger partial charge in [0, 0.05) is 35.9 Å². The fourth-order valence-corrected chi connectivity index (χ4v) is 3.63. The van der Waals surface area contributed by atoms with Gasteiger partial charge in [0.05, 0.1) is 0 Å². The summed E-state index contributed by atoms with van der Waals surface area (Å²) in [7, 11) is 0. The average Bonchev–Trinajstić information content (AvgIpc) is 2.85. The van der Waals surface area contributed by atoms with Gasteiger partial charge in [0.2, 0.25) is 0 Å². The van der Waals surface area contributed by atoms with Gasteiger partial charge in [-0.1, -0.05) is 18.9 Å². The number of nitrogens with one attached hydrogen (secondary N) is 1. The third-order valence-electron chi connectivity index (χ3n) is 4.89. The zero-order valence-corrected chi connectivity index (χ0v) is 11.9. The van der Waals surface area contributed by atoms with Gasteiger partial charge in [0.25, 0.3) is 0 Å². The molecule has 3 rings (SSSR count). The molecule has 1 atom stereocenters. The van der Waals surface area contributed by atoms with Crippen molar-refractivity contribution in [2.75, 3.05) is 18.0 Å². The number of hydrogen-bond acceptors (Lipinski definition) is 2. The predicted molar refractivity (Wildman–Crippen MR) is 77.1 cm³/mol. The molecule has 0 amide bonds. The number of benzene rings is 1. The summed E-state index contributed by atoms with van der Waals surface area (Å²) < 4.78 is 13.8. The maximum absolute atomic E-state index is 13.8. The molecule has 1 heterocycles. The molecule has 19 heavy (non-hydrogen) atoms. The van der Waals surface area contributed by atoms with E-state index < -0.39 is 0 Å². The van der Waals surface area contributed by atoms with Crippen LogP contribution in [0.1, 0.15) is 38.2 Å². The Morgan fingerprint density at radius 2 is 2.05 bits per heavy atom. The molecular weight excluding hydrogens is 239 g/mol. The molecule has 1 aliphatic carbocycles. The van der Waals surface area contributed by atoms with Crippen molar-refractivity contribution in [1.82, 2.24) is 5.32 Å². The molecule has 1 N–H and O–H groups in total. The lowest BCUT2D eigenvalue weighted by Crippen LogP contribution is -2.62. The largest absolute Gasteiger partial charge is 0.365 e. The molecule has 1 aromatic carbocycles. The van der Waals surface area contributed by atoms with Crippen molar-refractivity contribution in [3.63, 3.8) is 0 Å². The lowest BCUT2D eigenvalue weighted by molar-refractivity contribution is 0.276. The van der Waals surface area contributed by atoms with Gasteiger partial charge in [-0.05, 0) is 38.8 Å². The highest BCUT2D eigenvalue weighted by molar-refractivity contribution is 5.55. The van der Waals surface area contributed by atoms with Gasteiger partial charge < -0.3 is 10.2 Å². The van der Waals surface area contributed by atoms with Crippen molar-refractivity contribution in [3.8, 4) is 0 Å². The van der Waals surface area contributed by atoms with E-state index in [-0.39, 0.29) is 11.4 Å². The Labute approximate surface area is 115 Å². The summed E-state index contributed by atoms with van der Waals surface area (Å²) in [6, 6.07) is 5.86. The number of anilines is 1. The first-order chi connectivity index (χ1) is 9.11. The molecule has 3 heteroatoms. The number of nitrogens with zero attached hydrogens (tertiary/aromatic N) is 1. The topological polar surface area (TPSA) is 15.3 Å². The first kappa shape index (κ1) is 12.9. The highest BCUT2D eigenvalue weighted by Gasteiger charge is 2.40. The average molecular weight is 262 g/mol. The number of halogens is 1. The Morgan fingerprint density at radius 1 is 1.32 bits per heavy atom. The second kappa shape index (κ2) is 4.78. The van der Waals surface area contributed by atoms with Gasteiger partial charge in [-0.15, -0.1) is 0 Å². The Morgan fingerprint density at radius 3 is 2.79 bits per heavy atom. The van der Waals surface area contributed by atoms with E-state index in [2.05, 4.69) is 23.2 Å². The summed E-state index contributed by atoms with van der Waals surface area (Å²) in [6.07, 6.45) is 5.14. The Balaban J connectivity index is 1.91. The summed E-state index contributed by atoms with van der Waals surface area (Å²) in [5, 5.41) is 3.74. The standard InChI is InChI=1S/C16H23FN2/c1-12-10-18-16(8-3-4-9-16)11-19(12)15-7-5-6-14(17)13(15)2/h5-7,12,18H,3-4,8-11H2,1-2H3. The van der Waals surface area contributed by atoms with Gasteiger partial charge >= 0.3 is 0 Å². The van der Waals surface area contributed by atoms with Crippen molar-refractivity contribution in [3.05, 3.63) is 29.6 Å². The first-order valence-electron chi connectivity index (χ1n) is 7.38. The van der Waals surface area contributed by atoms with E-state index in [1.807, 2.05) is 13.0 Å². The lowest BCUT2D eigenvalue weighted by Gasteiger charge is -2.47. The minimum atomic E-state index is -0.0938. The van der Waals surface area contributed by atoms with Crippen LogP contribution in [0.15, 0.2) is 18.2 Å². The molecular formula is C16H23FN2. The fraction of sp³-hybridized carbons (Fsp3) is 0.625. The highest BCUT2D eigenvalue weighted by atomic mass is 19.1. The lowest BCUT2D eigenvalue weighted by atomic mass is 9.92. The highest BCUT2D eigenvalue weighted by Crippen LogP contribution is 2.36. The van der Waals surface area contributed by atoms with Crippen LogP contribution in [0.3, 0.4) is 0 Å². The van der Waals surface area contributed by atoms with Crippen LogP contribution >= 0.6 is 0 Å². The molecule has 1 saturated carbocycles. The van der Waals surface area contributed by atoms with Crippen LogP contribution in [0.25, 0.3) is 0 Å². The maximum atomic E-state index is 13.8.